The number of amides is 1. The number of nitrogens with zero attached hydrogens (tertiary/aromatic N) is 3. The Balaban J connectivity index is 1.59. The molecule has 1 aliphatic rings. The van der Waals surface area contributed by atoms with Crippen molar-refractivity contribution in [2.45, 2.75) is 38.8 Å². The maximum atomic E-state index is 12.2. The fourth-order valence-electron chi connectivity index (χ4n) is 2.67. The number of carbonyl (C=O) groups is 1. The highest BCUT2D eigenvalue weighted by Crippen LogP contribution is 2.25. The molecule has 1 fully saturated rings. The first kappa shape index (κ1) is 20.1. The fourth-order valence-corrected chi connectivity index (χ4v) is 2.84. The molecule has 0 radical (unpaired) electrons. The standard InChI is InChI=1S/C21H24ClN3O3/c1-21(2,3)28-20(26)25-11-8-17(25)14-27-18-12-16(19(22)24-13-18)5-4-15-6-9-23-10-7-15/h4-7,9-10,12-13,17H,8,11,14H2,1-3H3/t17-/m0/s1. The Hall–Kier alpha value is -2.60. The molecule has 148 valence electrons. The van der Waals surface area contributed by atoms with Crippen LogP contribution in [0.15, 0.2) is 36.8 Å². The number of ether oxygens (including phenoxy) is 2. The second-order valence-corrected chi connectivity index (χ2v) is 7.95. The lowest BCUT2D eigenvalue weighted by molar-refractivity contribution is -0.0141. The first-order valence-corrected chi connectivity index (χ1v) is 9.56. The molecule has 0 spiro atoms. The zero-order chi connectivity index (χ0) is 20.1. The van der Waals surface area contributed by atoms with Gasteiger partial charge in [-0.25, -0.2) is 9.78 Å². The highest BCUT2D eigenvalue weighted by atomic mass is 35.5. The van der Waals surface area contributed by atoms with Gasteiger partial charge in [-0.05, 0) is 51.0 Å². The van der Waals surface area contributed by atoms with Crippen LogP contribution in [0, 0.1) is 0 Å². The molecular formula is C21H24ClN3O3. The molecule has 0 N–H and O–H groups in total. The number of likely N-dealkylation sites (tertiary alicyclic amines) is 1. The van der Waals surface area contributed by atoms with Crippen LogP contribution in [0.4, 0.5) is 4.79 Å². The Kier molecular flexibility index (Phi) is 6.19. The van der Waals surface area contributed by atoms with Crippen LogP contribution in [0.3, 0.4) is 0 Å². The number of hydrogen-bond acceptors (Lipinski definition) is 5. The normalized spacial score (nSPS) is 16.7. The maximum absolute atomic E-state index is 12.2. The minimum Gasteiger partial charge on any atom is -0.490 e. The van der Waals surface area contributed by atoms with E-state index < -0.39 is 5.60 Å². The van der Waals surface area contributed by atoms with Crippen LogP contribution in [-0.4, -0.2) is 45.8 Å². The van der Waals surface area contributed by atoms with Crippen molar-refractivity contribution in [3.63, 3.8) is 0 Å². The summed E-state index contributed by atoms with van der Waals surface area (Å²) in [4.78, 5) is 22.1. The van der Waals surface area contributed by atoms with Crippen molar-refractivity contribution in [1.29, 1.82) is 0 Å². The SMILES string of the molecule is CC(C)(C)OC(=O)N1CC[C@H]1COc1cnc(Cl)c(C=Cc2ccncc2)c1. The number of halogens is 1. The largest absolute Gasteiger partial charge is 0.490 e. The number of carbonyl (C=O) groups excluding carboxylic acids is 1. The summed E-state index contributed by atoms with van der Waals surface area (Å²) in [6.45, 7) is 6.64. The van der Waals surface area contributed by atoms with Crippen molar-refractivity contribution in [3.8, 4) is 5.75 Å². The molecule has 0 bridgehead atoms. The summed E-state index contributed by atoms with van der Waals surface area (Å²) in [5.74, 6) is 0.606. The Labute approximate surface area is 170 Å². The zero-order valence-corrected chi connectivity index (χ0v) is 17.0. The van der Waals surface area contributed by atoms with Gasteiger partial charge in [-0.2, -0.15) is 0 Å². The molecule has 28 heavy (non-hydrogen) atoms. The van der Waals surface area contributed by atoms with E-state index >= 15 is 0 Å². The van der Waals surface area contributed by atoms with E-state index in [0.29, 0.717) is 24.1 Å². The van der Waals surface area contributed by atoms with Crippen molar-refractivity contribution < 1.29 is 14.3 Å². The van der Waals surface area contributed by atoms with Crippen molar-refractivity contribution in [3.05, 3.63) is 53.1 Å². The summed E-state index contributed by atoms with van der Waals surface area (Å²) >= 11 is 6.19. The minimum atomic E-state index is -0.506. The molecule has 7 heteroatoms. The van der Waals surface area contributed by atoms with E-state index in [1.54, 1.807) is 23.5 Å². The molecule has 1 aliphatic heterocycles. The predicted molar refractivity (Wildman–Crippen MR) is 109 cm³/mol. The lowest BCUT2D eigenvalue weighted by atomic mass is 10.1. The third-order valence-electron chi connectivity index (χ3n) is 4.22. The van der Waals surface area contributed by atoms with Crippen LogP contribution in [0.2, 0.25) is 5.15 Å². The van der Waals surface area contributed by atoms with Gasteiger partial charge in [0, 0.05) is 24.5 Å². The lowest BCUT2D eigenvalue weighted by Gasteiger charge is -2.40. The number of pyridine rings is 2. The third-order valence-corrected chi connectivity index (χ3v) is 4.53. The average molecular weight is 402 g/mol. The van der Waals surface area contributed by atoms with Gasteiger partial charge in [-0.15, -0.1) is 0 Å². The number of aromatic nitrogens is 2. The summed E-state index contributed by atoms with van der Waals surface area (Å²) in [6, 6.07) is 5.64. The molecule has 1 saturated heterocycles. The number of rotatable bonds is 5. The van der Waals surface area contributed by atoms with Gasteiger partial charge in [-0.3, -0.25) is 4.98 Å². The van der Waals surface area contributed by atoms with E-state index in [1.165, 1.54) is 0 Å². The second-order valence-electron chi connectivity index (χ2n) is 7.59. The Morgan fingerprint density at radius 2 is 2.07 bits per heavy atom. The van der Waals surface area contributed by atoms with E-state index in [0.717, 1.165) is 17.5 Å². The van der Waals surface area contributed by atoms with Crippen molar-refractivity contribution in [2.75, 3.05) is 13.2 Å². The summed E-state index contributed by atoms with van der Waals surface area (Å²) in [5, 5.41) is 0.400. The van der Waals surface area contributed by atoms with Gasteiger partial charge in [0.2, 0.25) is 0 Å². The van der Waals surface area contributed by atoms with E-state index in [4.69, 9.17) is 21.1 Å². The molecule has 3 rings (SSSR count). The van der Waals surface area contributed by atoms with Gasteiger partial charge < -0.3 is 14.4 Å². The van der Waals surface area contributed by atoms with Gasteiger partial charge in [0.05, 0.1) is 12.2 Å². The molecule has 6 nitrogen and oxygen atoms in total. The Bertz CT molecular complexity index is 850. The zero-order valence-electron chi connectivity index (χ0n) is 16.3. The molecule has 0 aromatic carbocycles. The Morgan fingerprint density at radius 3 is 2.71 bits per heavy atom. The molecular weight excluding hydrogens is 378 g/mol. The second kappa shape index (κ2) is 8.61. The summed E-state index contributed by atoms with van der Waals surface area (Å²) in [6.07, 6.45) is 9.45. The maximum Gasteiger partial charge on any atom is 0.410 e. The molecule has 2 aromatic rings. The van der Waals surface area contributed by atoms with E-state index in [1.807, 2.05) is 51.1 Å². The summed E-state index contributed by atoms with van der Waals surface area (Å²) in [5.41, 5.74) is 1.27. The van der Waals surface area contributed by atoms with Crippen molar-refractivity contribution >= 4 is 29.8 Å². The van der Waals surface area contributed by atoms with Crippen LogP contribution in [0.25, 0.3) is 12.2 Å². The average Bonchev–Trinajstić information content (AvgIpc) is 2.60. The highest BCUT2D eigenvalue weighted by Gasteiger charge is 2.35. The van der Waals surface area contributed by atoms with Gasteiger partial charge in [-0.1, -0.05) is 23.8 Å². The van der Waals surface area contributed by atoms with E-state index in [2.05, 4.69) is 9.97 Å². The van der Waals surface area contributed by atoms with Crippen LogP contribution in [-0.2, 0) is 4.74 Å². The minimum absolute atomic E-state index is 0.00124. The molecule has 0 unspecified atom stereocenters. The molecule has 0 saturated carbocycles. The highest BCUT2D eigenvalue weighted by molar-refractivity contribution is 6.31. The van der Waals surface area contributed by atoms with Crippen molar-refractivity contribution in [1.82, 2.24) is 14.9 Å². The van der Waals surface area contributed by atoms with Gasteiger partial charge in [0.1, 0.15) is 23.1 Å². The predicted octanol–water partition coefficient (Wildman–Crippen LogP) is 4.69. The summed E-state index contributed by atoms with van der Waals surface area (Å²) < 4.78 is 11.3. The smallest absolute Gasteiger partial charge is 0.410 e. The van der Waals surface area contributed by atoms with Crippen LogP contribution < -0.4 is 4.74 Å². The van der Waals surface area contributed by atoms with Crippen LogP contribution >= 0.6 is 11.6 Å². The molecule has 2 aromatic heterocycles. The quantitative estimate of drug-likeness (QED) is 0.680. The van der Waals surface area contributed by atoms with Crippen LogP contribution in [0.5, 0.6) is 5.75 Å². The molecule has 3 heterocycles. The van der Waals surface area contributed by atoms with Crippen molar-refractivity contribution in [2.24, 2.45) is 0 Å². The first-order valence-electron chi connectivity index (χ1n) is 9.18. The summed E-state index contributed by atoms with van der Waals surface area (Å²) in [7, 11) is 0. The molecule has 1 amide bonds. The molecule has 0 aliphatic carbocycles. The van der Waals surface area contributed by atoms with Crippen LogP contribution in [0.1, 0.15) is 38.3 Å². The van der Waals surface area contributed by atoms with Gasteiger partial charge >= 0.3 is 6.09 Å². The molecule has 1 atom stereocenters. The monoisotopic (exact) mass is 401 g/mol. The van der Waals surface area contributed by atoms with Gasteiger partial charge in [0.25, 0.3) is 0 Å². The van der Waals surface area contributed by atoms with E-state index in [9.17, 15) is 4.79 Å². The fraction of sp³-hybridized carbons (Fsp3) is 0.381. The lowest BCUT2D eigenvalue weighted by Crippen LogP contribution is -2.55. The number of hydrogen-bond donors (Lipinski definition) is 0. The Morgan fingerprint density at radius 1 is 1.32 bits per heavy atom. The van der Waals surface area contributed by atoms with Gasteiger partial charge in [0.15, 0.2) is 0 Å². The third kappa shape index (κ3) is 5.45. The van der Waals surface area contributed by atoms with E-state index in [-0.39, 0.29) is 12.1 Å². The topological polar surface area (TPSA) is 64.5 Å². The first-order chi connectivity index (χ1) is 13.3.